The SMILES string of the molecule is Cc1c(F)ccc2c1n(C)c(=O)n2C1CCC(=O)NC1=O. The summed E-state index contributed by atoms with van der Waals surface area (Å²) in [7, 11) is 1.54. The number of nitrogens with zero attached hydrogens (tertiary/aromatic N) is 2. The Morgan fingerprint density at radius 1 is 1.29 bits per heavy atom. The molecule has 1 unspecified atom stereocenters. The van der Waals surface area contributed by atoms with Gasteiger partial charge in [-0.1, -0.05) is 0 Å². The Morgan fingerprint density at radius 2 is 2.00 bits per heavy atom. The molecule has 1 fully saturated rings. The highest BCUT2D eigenvalue weighted by Crippen LogP contribution is 2.25. The zero-order chi connectivity index (χ0) is 15.3. The number of aromatic nitrogens is 2. The van der Waals surface area contributed by atoms with Crippen LogP contribution >= 0.6 is 0 Å². The summed E-state index contributed by atoms with van der Waals surface area (Å²) in [4.78, 5) is 35.6. The molecule has 1 atom stereocenters. The second kappa shape index (κ2) is 4.54. The van der Waals surface area contributed by atoms with Gasteiger partial charge in [0.25, 0.3) is 0 Å². The maximum atomic E-state index is 13.7. The first-order valence-corrected chi connectivity index (χ1v) is 6.61. The van der Waals surface area contributed by atoms with Crippen LogP contribution in [0.5, 0.6) is 0 Å². The van der Waals surface area contributed by atoms with Crippen molar-refractivity contribution in [1.82, 2.24) is 14.5 Å². The number of benzene rings is 1. The van der Waals surface area contributed by atoms with Gasteiger partial charge in [0.15, 0.2) is 0 Å². The highest BCUT2D eigenvalue weighted by Gasteiger charge is 2.31. The zero-order valence-corrected chi connectivity index (χ0v) is 11.6. The topological polar surface area (TPSA) is 73.1 Å². The van der Waals surface area contributed by atoms with E-state index in [1.165, 1.54) is 21.3 Å². The largest absolute Gasteiger partial charge is 0.329 e. The van der Waals surface area contributed by atoms with E-state index in [-0.39, 0.29) is 18.7 Å². The Hall–Kier alpha value is -2.44. The van der Waals surface area contributed by atoms with Gasteiger partial charge in [-0.25, -0.2) is 9.18 Å². The number of aryl methyl sites for hydroxylation is 2. The molecule has 1 N–H and O–H groups in total. The number of imidazole rings is 1. The first kappa shape index (κ1) is 13.5. The molecule has 1 aromatic carbocycles. The average molecular weight is 291 g/mol. The fourth-order valence-corrected chi connectivity index (χ4v) is 2.87. The summed E-state index contributed by atoms with van der Waals surface area (Å²) in [5.41, 5.74) is 0.923. The molecule has 1 aromatic heterocycles. The number of imide groups is 1. The first-order valence-electron chi connectivity index (χ1n) is 6.61. The summed E-state index contributed by atoms with van der Waals surface area (Å²) in [5, 5.41) is 2.23. The van der Waals surface area contributed by atoms with Crippen LogP contribution in [-0.4, -0.2) is 20.9 Å². The van der Waals surface area contributed by atoms with Crippen LogP contribution < -0.4 is 11.0 Å². The number of carbonyl (C=O) groups excluding carboxylic acids is 2. The summed E-state index contributed by atoms with van der Waals surface area (Å²) in [6.07, 6.45) is 0.444. The van der Waals surface area contributed by atoms with Crippen LogP contribution in [0.2, 0.25) is 0 Å². The van der Waals surface area contributed by atoms with Crippen molar-refractivity contribution in [2.45, 2.75) is 25.8 Å². The normalized spacial score (nSPS) is 19.1. The van der Waals surface area contributed by atoms with Crippen LogP contribution in [0, 0.1) is 12.7 Å². The first-order chi connectivity index (χ1) is 9.91. The van der Waals surface area contributed by atoms with Crippen molar-refractivity contribution >= 4 is 22.8 Å². The van der Waals surface area contributed by atoms with Gasteiger partial charge in [-0.2, -0.15) is 0 Å². The van der Waals surface area contributed by atoms with Gasteiger partial charge in [0, 0.05) is 19.0 Å². The number of rotatable bonds is 1. The van der Waals surface area contributed by atoms with Crippen molar-refractivity contribution in [2.75, 3.05) is 0 Å². The number of carbonyl (C=O) groups is 2. The molecular formula is C14H14FN3O3. The van der Waals surface area contributed by atoms with Crippen LogP contribution in [-0.2, 0) is 16.6 Å². The van der Waals surface area contributed by atoms with Gasteiger partial charge in [0.1, 0.15) is 11.9 Å². The second-order valence-corrected chi connectivity index (χ2v) is 5.22. The molecule has 1 aliphatic rings. The third-order valence-corrected chi connectivity index (χ3v) is 3.95. The Labute approximate surface area is 119 Å². The minimum Gasteiger partial charge on any atom is -0.295 e. The van der Waals surface area contributed by atoms with Crippen LogP contribution in [0.1, 0.15) is 24.4 Å². The maximum absolute atomic E-state index is 13.7. The number of hydrogen-bond acceptors (Lipinski definition) is 3. The zero-order valence-electron chi connectivity index (χ0n) is 11.6. The quantitative estimate of drug-likeness (QED) is 0.789. The van der Waals surface area contributed by atoms with Gasteiger partial charge < -0.3 is 0 Å². The molecule has 7 heteroatoms. The molecule has 2 amide bonds. The number of nitrogens with one attached hydrogen (secondary N) is 1. The molecule has 0 saturated carbocycles. The Balaban J connectivity index is 2.27. The molecule has 0 bridgehead atoms. The molecule has 6 nitrogen and oxygen atoms in total. The van der Waals surface area contributed by atoms with Crippen LogP contribution in [0.3, 0.4) is 0 Å². The molecule has 1 aliphatic heterocycles. The van der Waals surface area contributed by atoms with Gasteiger partial charge in [-0.15, -0.1) is 0 Å². The fourth-order valence-electron chi connectivity index (χ4n) is 2.87. The van der Waals surface area contributed by atoms with Crippen molar-refractivity contribution in [3.8, 4) is 0 Å². The minimum atomic E-state index is -0.747. The monoisotopic (exact) mass is 291 g/mol. The number of amides is 2. The Bertz CT molecular complexity index is 834. The van der Waals surface area contributed by atoms with Gasteiger partial charge in [0.2, 0.25) is 11.8 Å². The van der Waals surface area contributed by atoms with Gasteiger partial charge in [-0.05, 0) is 25.5 Å². The van der Waals surface area contributed by atoms with Gasteiger partial charge in [0.05, 0.1) is 11.0 Å². The van der Waals surface area contributed by atoms with Crippen LogP contribution in [0.15, 0.2) is 16.9 Å². The molecule has 0 radical (unpaired) electrons. The van der Waals surface area contributed by atoms with Crippen molar-refractivity contribution < 1.29 is 14.0 Å². The number of piperidine rings is 1. The summed E-state index contributed by atoms with van der Waals surface area (Å²) < 4.78 is 16.4. The maximum Gasteiger partial charge on any atom is 0.329 e. The van der Waals surface area contributed by atoms with E-state index in [0.717, 1.165) is 0 Å². The Kier molecular flexibility index (Phi) is 2.93. The van der Waals surface area contributed by atoms with E-state index >= 15 is 0 Å². The molecule has 1 saturated heterocycles. The highest BCUT2D eigenvalue weighted by atomic mass is 19.1. The highest BCUT2D eigenvalue weighted by molar-refractivity contribution is 6.00. The third kappa shape index (κ3) is 1.88. The van der Waals surface area contributed by atoms with Gasteiger partial charge in [-0.3, -0.25) is 24.0 Å². The van der Waals surface area contributed by atoms with Crippen LogP contribution in [0.4, 0.5) is 4.39 Å². The molecule has 2 heterocycles. The summed E-state index contributed by atoms with van der Waals surface area (Å²) in [6.45, 7) is 1.59. The second-order valence-electron chi connectivity index (χ2n) is 5.22. The standard InChI is InChI=1S/C14H14FN3O3/c1-7-8(15)3-4-9-12(7)17(2)14(21)18(9)10-5-6-11(19)16-13(10)20/h3-4,10H,5-6H2,1-2H3,(H,16,19,20). The molecule has 110 valence electrons. The summed E-state index contributed by atoms with van der Waals surface area (Å²) >= 11 is 0. The van der Waals surface area contributed by atoms with E-state index < -0.39 is 23.5 Å². The predicted molar refractivity (Wildman–Crippen MR) is 73.3 cm³/mol. The Morgan fingerprint density at radius 3 is 2.67 bits per heavy atom. The van der Waals surface area contributed by atoms with Crippen molar-refractivity contribution in [3.05, 3.63) is 34.0 Å². The molecular weight excluding hydrogens is 277 g/mol. The number of halogens is 1. The van der Waals surface area contributed by atoms with E-state index in [1.807, 2.05) is 0 Å². The smallest absolute Gasteiger partial charge is 0.295 e. The lowest BCUT2D eigenvalue weighted by atomic mass is 10.1. The lowest BCUT2D eigenvalue weighted by Gasteiger charge is -2.21. The summed E-state index contributed by atoms with van der Waals surface area (Å²) in [5.74, 6) is -1.24. The van der Waals surface area contributed by atoms with Crippen molar-refractivity contribution in [3.63, 3.8) is 0 Å². The van der Waals surface area contributed by atoms with E-state index in [0.29, 0.717) is 16.6 Å². The van der Waals surface area contributed by atoms with E-state index in [9.17, 15) is 18.8 Å². The van der Waals surface area contributed by atoms with Crippen molar-refractivity contribution in [1.29, 1.82) is 0 Å². The lowest BCUT2D eigenvalue weighted by Crippen LogP contribution is -2.44. The van der Waals surface area contributed by atoms with Crippen LogP contribution in [0.25, 0.3) is 11.0 Å². The average Bonchev–Trinajstić information content (AvgIpc) is 2.68. The van der Waals surface area contributed by atoms with E-state index in [2.05, 4.69) is 5.32 Å². The van der Waals surface area contributed by atoms with Crippen molar-refractivity contribution in [2.24, 2.45) is 7.05 Å². The molecule has 2 aromatic rings. The fraction of sp³-hybridized carbons (Fsp3) is 0.357. The third-order valence-electron chi connectivity index (χ3n) is 3.95. The molecule has 3 rings (SSSR count). The van der Waals surface area contributed by atoms with E-state index in [1.54, 1.807) is 14.0 Å². The molecule has 21 heavy (non-hydrogen) atoms. The molecule has 0 spiro atoms. The predicted octanol–water partition coefficient (Wildman–Crippen LogP) is 0.765. The number of fused-ring (bicyclic) bond motifs is 1. The molecule has 0 aliphatic carbocycles. The lowest BCUT2D eigenvalue weighted by molar-refractivity contribution is -0.135. The van der Waals surface area contributed by atoms with E-state index in [4.69, 9.17) is 0 Å². The van der Waals surface area contributed by atoms with Gasteiger partial charge >= 0.3 is 5.69 Å². The number of hydrogen-bond donors (Lipinski definition) is 1. The minimum absolute atomic E-state index is 0.180. The summed E-state index contributed by atoms with van der Waals surface area (Å²) in [6, 6.07) is 2.02.